The SMILES string of the molecule is CCCNC1CCC(C)(C)CC1CN(CCC)C(C)C. The summed E-state index contributed by atoms with van der Waals surface area (Å²) in [6.07, 6.45) is 6.62. The molecule has 0 aromatic rings. The largest absolute Gasteiger partial charge is 0.314 e. The maximum Gasteiger partial charge on any atom is 0.0108 e. The molecule has 0 radical (unpaired) electrons. The van der Waals surface area contributed by atoms with Crippen LogP contribution < -0.4 is 5.32 Å². The number of hydrogen-bond acceptors (Lipinski definition) is 2. The van der Waals surface area contributed by atoms with Gasteiger partial charge >= 0.3 is 0 Å². The van der Waals surface area contributed by atoms with Crippen LogP contribution in [-0.2, 0) is 0 Å². The molecule has 2 heteroatoms. The zero-order valence-electron chi connectivity index (χ0n) is 14.8. The quantitative estimate of drug-likeness (QED) is 0.714. The van der Waals surface area contributed by atoms with Gasteiger partial charge in [0.1, 0.15) is 0 Å². The lowest BCUT2D eigenvalue weighted by Gasteiger charge is -2.44. The second-order valence-corrected chi connectivity index (χ2v) is 7.82. The van der Waals surface area contributed by atoms with E-state index in [9.17, 15) is 0 Å². The minimum atomic E-state index is 0.532. The molecule has 1 rings (SSSR count). The average Bonchev–Trinajstić information content (AvgIpc) is 2.36. The van der Waals surface area contributed by atoms with Gasteiger partial charge < -0.3 is 10.2 Å². The van der Waals surface area contributed by atoms with Crippen molar-refractivity contribution >= 4 is 0 Å². The predicted molar refractivity (Wildman–Crippen MR) is 90.2 cm³/mol. The highest BCUT2D eigenvalue weighted by Gasteiger charge is 2.35. The van der Waals surface area contributed by atoms with Crippen LogP contribution in [0.1, 0.15) is 73.6 Å². The molecule has 0 aromatic heterocycles. The maximum atomic E-state index is 3.82. The molecule has 0 amide bonds. The van der Waals surface area contributed by atoms with Crippen molar-refractivity contribution < 1.29 is 0 Å². The Morgan fingerprint density at radius 2 is 1.90 bits per heavy atom. The summed E-state index contributed by atoms with van der Waals surface area (Å²) in [6.45, 7) is 17.9. The van der Waals surface area contributed by atoms with E-state index in [-0.39, 0.29) is 0 Å². The Morgan fingerprint density at radius 3 is 2.45 bits per heavy atom. The highest BCUT2D eigenvalue weighted by atomic mass is 15.1. The fourth-order valence-electron chi connectivity index (χ4n) is 3.68. The first-order chi connectivity index (χ1) is 9.39. The van der Waals surface area contributed by atoms with E-state index in [2.05, 4.69) is 51.8 Å². The zero-order valence-corrected chi connectivity index (χ0v) is 14.8. The average molecular weight is 283 g/mol. The molecule has 2 unspecified atom stereocenters. The predicted octanol–water partition coefficient (Wildman–Crippen LogP) is 4.30. The molecule has 2 nitrogen and oxygen atoms in total. The van der Waals surface area contributed by atoms with E-state index >= 15 is 0 Å². The lowest BCUT2D eigenvalue weighted by molar-refractivity contribution is 0.0876. The molecule has 1 aliphatic rings. The molecule has 0 heterocycles. The Bertz CT molecular complexity index is 260. The highest BCUT2D eigenvalue weighted by Crippen LogP contribution is 2.39. The first kappa shape index (κ1) is 18.0. The zero-order chi connectivity index (χ0) is 15.2. The summed E-state index contributed by atoms with van der Waals surface area (Å²) in [5.74, 6) is 0.819. The minimum absolute atomic E-state index is 0.532. The van der Waals surface area contributed by atoms with Gasteiger partial charge in [0, 0.05) is 18.6 Å². The third kappa shape index (κ3) is 5.73. The Labute approximate surface area is 127 Å². The molecule has 0 saturated heterocycles. The Kier molecular flexibility index (Phi) is 7.53. The standard InChI is InChI=1S/C18H38N2/c1-7-11-19-17-9-10-18(5,6)13-16(17)14-20(12-8-2)15(3)4/h15-17,19H,7-14H2,1-6H3. The van der Waals surface area contributed by atoms with E-state index in [1.165, 1.54) is 51.7 Å². The van der Waals surface area contributed by atoms with Gasteiger partial charge in [-0.05, 0) is 70.4 Å². The number of nitrogens with one attached hydrogen (secondary N) is 1. The van der Waals surface area contributed by atoms with Gasteiger partial charge in [-0.2, -0.15) is 0 Å². The molecular weight excluding hydrogens is 244 g/mol. The summed E-state index contributed by atoms with van der Waals surface area (Å²) in [4.78, 5) is 2.69. The summed E-state index contributed by atoms with van der Waals surface area (Å²) in [5.41, 5.74) is 0.532. The number of nitrogens with zero attached hydrogens (tertiary/aromatic N) is 1. The van der Waals surface area contributed by atoms with Gasteiger partial charge in [-0.25, -0.2) is 0 Å². The summed E-state index contributed by atoms with van der Waals surface area (Å²) in [7, 11) is 0. The monoisotopic (exact) mass is 282 g/mol. The van der Waals surface area contributed by atoms with Crippen LogP contribution in [0.3, 0.4) is 0 Å². The van der Waals surface area contributed by atoms with E-state index in [1.807, 2.05) is 0 Å². The van der Waals surface area contributed by atoms with Crippen LogP contribution >= 0.6 is 0 Å². The van der Waals surface area contributed by atoms with E-state index in [0.717, 1.165) is 12.0 Å². The molecule has 2 atom stereocenters. The van der Waals surface area contributed by atoms with Crippen LogP contribution in [-0.4, -0.2) is 36.6 Å². The molecule has 0 bridgehead atoms. The third-order valence-electron chi connectivity index (χ3n) is 4.88. The van der Waals surface area contributed by atoms with Gasteiger partial charge in [-0.3, -0.25) is 0 Å². The minimum Gasteiger partial charge on any atom is -0.314 e. The molecule has 1 fully saturated rings. The second kappa shape index (κ2) is 8.38. The highest BCUT2D eigenvalue weighted by molar-refractivity contribution is 4.90. The van der Waals surface area contributed by atoms with Gasteiger partial charge in [0.05, 0.1) is 0 Å². The fraction of sp³-hybridized carbons (Fsp3) is 1.00. The van der Waals surface area contributed by atoms with Crippen LogP contribution in [0.2, 0.25) is 0 Å². The maximum absolute atomic E-state index is 3.82. The van der Waals surface area contributed by atoms with Crippen LogP contribution in [0.25, 0.3) is 0 Å². The van der Waals surface area contributed by atoms with Crippen LogP contribution in [0.5, 0.6) is 0 Å². The molecule has 20 heavy (non-hydrogen) atoms. The normalized spacial score (nSPS) is 26.4. The Balaban J connectivity index is 2.66. The number of hydrogen-bond donors (Lipinski definition) is 1. The summed E-state index contributed by atoms with van der Waals surface area (Å²) < 4.78 is 0. The second-order valence-electron chi connectivity index (χ2n) is 7.82. The summed E-state index contributed by atoms with van der Waals surface area (Å²) in [5, 5.41) is 3.82. The van der Waals surface area contributed by atoms with Crippen molar-refractivity contribution in [3.05, 3.63) is 0 Å². The van der Waals surface area contributed by atoms with E-state index in [4.69, 9.17) is 0 Å². The van der Waals surface area contributed by atoms with E-state index in [0.29, 0.717) is 11.5 Å². The van der Waals surface area contributed by atoms with Crippen LogP contribution in [0.15, 0.2) is 0 Å². The van der Waals surface area contributed by atoms with Gasteiger partial charge in [-0.1, -0.05) is 27.7 Å². The van der Waals surface area contributed by atoms with Gasteiger partial charge in [0.25, 0.3) is 0 Å². The molecule has 0 aliphatic heterocycles. The van der Waals surface area contributed by atoms with Crippen molar-refractivity contribution in [2.75, 3.05) is 19.6 Å². The molecule has 1 saturated carbocycles. The van der Waals surface area contributed by atoms with E-state index < -0.39 is 0 Å². The van der Waals surface area contributed by atoms with Crippen molar-refractivity contribution in [2.24, 2.45) is 11.3 Å². The van der Waals surface area contributed by atoms with Gasteiger partial charge in [-0.15, -0.1) is 0 Å². The van der Waals surface area contributed by atoms with Gasteiger partial charge in [0.2, 0.25) is 0 Å². The summed E-state index contributed by atoms with van der Waals surface area (Å²) >= 11 is 0. The van der Waals surface area contributed by atoms with E-state index in [1.54, 1.807) is 0 Å². The molecule has 0 spiro atoms. The lowest BCUT2D eigenvalue weighted by Crippen LogP contribution is -2.49. The third-order valence-corrected chi connectivity index (χ3v) is 4.88. The lowest BCUT2D eigenvalue weighted by atomic mass is 9.69. The molecule has 120 valence electrons. The summed E-state index contributed by atoms with van der Waals surface area (Å²) in [6, 6.07) is 1.41. The van der Waals surface area contributed by atoms with Crippen molar-refractivity contribution in [1.29, 1.82) is 0 Å². The Hall–Kier alpha value is -0.0800. The topological polar surface area (TPSA) is 15.3 Å². The smallest absolute Gasteiger partial charge is 0.0108 e. The molecule has 1 N–H and O–H groups in total. The van der Waals surface area contributed by atoms with Crippen molar-refractivity contribution in [2.45, 2.75) is 85.7 Å². The van der Waals surface area contributed by atoms with Crippen LogP contribution in [0, 0.1) is 11.3 Å². The molecular formula is C18H38N2. The van der Waals surface area contributed by atoms with Crippen LogP contribution in [0.4, 0.5) is 0 Å². The van der Waals surface area contributed by atoms with Crippen molar-refractivity contribution in [3.63, 3.8) is 0 Å². The van der Waals surface area contributed by atoms with Crippen molar-refractivity contribution in [1.82, 2.24) is 10.2 Å². The fourth-order valence-corrected chi connectivity index (χ4v) is 3.68. The van der Waals surface area contributed by atoms with Crippen molar-refractivity contribution in [3.8, 4) is 0 Å². The van der Waals surface area contributed by atoms with Gasteiger partial charge in [0.15, 0.2) is 0 Å². The number of rotatable bonds is 8. The first-order valence-electron chi connectivity index (χ1n) is 8.87. The Morgan fingerprint density at radius 1 is 1.20 bits per heavy atom. The molecule has 1 aliphatic carbocycles. The molecule has 0 aromatic carbocycles. The first-order valence-corrected chi connectivity index (χ1v) is 8.87.